The fourth-order valence-electron chi connectivity index (χ4n) is 1.64. The van der Waals surface area contributed by atoms with E-state index in [2.05, 4.69) is 11.4 Å². The Balaban J connectivity index is 2.25. The van der Waals surface area contributed by atoms with Crippen LogP contribution in [0, 0.1) is 17.2 Å². The topological polar surface area (TPSA) is 79.2 Å². The van der Waals surface area contributed by atoms with Gasteiger partial charge in [0.05, 0.1) is 24.2 Å². The second kappa shape index (κ2) is 6.64. The minimum absolute atomic E-state index is 0.161. The Hall–Kier alpha value is -1.22. The molecule has 1 saturated carbocycles. The maximum absolute atomic E-state index is 11.7. The molecule has 1 aliphatic carbocycles. The van der Waals surface area contributed by atoms with Gasteiger partial charge in [-0.05, 0) is 32.6 Å². The first-order chi connectivity index (χ1) is 8.51. The number of carbonyl (C=O) groups excluding carboxylic acids is 2. The largest absolute Gasteiger partial charge is 0.465 e. The molecule has 0 aromatic carbocycles. The SMILES string of the molecule is CCOC(=O)CSCC(=O)N[C@](C)(C#N)C1CC1. The summed E-state index contributed by atoms with van der Waals surface area (Å²) < 4.78 is 4.75. The second-order valence-electron chi connectivity index (χ2n) is 4.43. The molecule has 0 spiro atoms. The van der Waals surface area contributed by atoms with Gasteiger partial charge in [-0.3, -0.25) is 9.59 Å². The first-order valence-electron chi connectivity index (χ1n) is 5.97. The van der Waals surface area contributed by atoms with E-state index >= 15 is 0 Å². The molecular formula is C12H18N2O3S. The van der Waals surface area contributed by atoms with Crippen LogP contribution in [0.3, 0.4) is 0 Å². The van der Waals surface area contributed by atoms with Crippen LogP contribution in [0.1, 0.15) is 26.7 Å². The number of nitrogens with zero attached hydrogens (tertiary/aromatic N) is 1. The molecule has 0 heterocycles. The predicted octanol–water partition coefficient (Wildman–Crippen LogP) is 1.09. The highest BCUT2D eigenvalue weighted by Gasteiger charge is 2.42. The molecule has 0 unspecified atom stereocenters. The van der Waals surface area contributed by atoms with Crippen LogP contribution in [0.4, 0.5) is 0 Å². The maximum atomic E-state index is 11.7. The van der Waals surface area contributed by atoms with E-state index in [1.54, 1.807) is 13.8 Å². The smallest absolute Gasteiger partial charge is 0.315 e. The minimum atomic E-state index is -0.762. The van der Waals surface area contributed by atoms with Gasteiger partial charge >= 0.3 is 5.97 Å². The number of thioether (sulfide) groups is 1. The Morgan fingerprint density at radius 3 is 2.67 bits per heavy atom. The third kappa shape index (κ3) is 4.57. The van der Waals surface area contributed by atoms with Crippen molar-refractivity contribution in [1.82, 2.24) is 5.32 Å². The zero-order valence-electron chi connectivity index (χ0n) is 10.7. The van der Waals surface area contributed by atoms with Crippen molar-refractivity contribution >= 4 is 23.6 Å². The highest BCUT2D eigenvalue weighted by Crippen LogP contribution is 2.39. The second-order valence-corrected chi connectivity index (χ2v) is 5.42. The lowest BCUT2D eigenvalue weighted by atomic mass is 9.98. The number of ether oxygens (including phenoxy) is 1. The van der Waals surface area contributed by atoms with Gasteiger partial charge in [0.25, 0.3) is 0 Å². The Bertz CT molecular complexity index is 363. The molecule has 0 bridgehead atoms. The lowest BCUT2D eigenvalue weighted by molar-refractivity contribution is -0.139. The highest BCUT2D eigenvalue weighted by atomic mass is 32.2. The number of carbonyl (C=O) groups is 2. The van der Waals surface area contributed by atoms with Gasteiger partial charge in [-0.15, -0.1) is 11.8 Å². The third-order valence-corrected chi connectivity index (χ3v) is 3.69. The van der Waals surface area contributed by atoms with Crippen LogP contribution in [-0.4, -0.2) is 35.5 Å². The van der Waals surface area contributed by atoms with E-state index in [1.165, 1.54) is 11.8 Å². The summed E-state index contributed by atoms with van der Waals surface area (Å²) in [6.07, 6.45) is 1.97. The summed E-state index contributed by atoms with van der Waals surface area (Å²) in [7, 11) is 0. The molecule has 0 radical (unpaired) electrons. The molecule has 6 heteroatoms. The molecule has 0 aliphatic heterocycles. The summed E-state index contributed by atoms with van der Waals surface area (Å²) in [5.74, 6) is 0.0684. The molecule has 5 nitrogen and oxygen atoms in total. The normalized spacial score (nSPS) is 17.4. The number of hydrogen-bond donors (Lipinski definition) is 1. The molecule has 1 fully saturated rings. The van der Waals surface area contributed by atoms with Gasteiger partial charge < -0.3 is 10.1 Å². The summed E-state index contributed by atoms with van der Waals surface area (Å²) in [6, 6.07) is 2.16. The van der Waals surface area contributed by atoms with Crippen molar-refractivity contribution in [3.63, 3.8) is 0 Å². The van der Waals surface area contributed by atoms with Crippen LogP contribution in [0.5, 0.6) is 0 Å². The molecule has 1 aliphatic rings. The van der Waals surface area contributed by atoms with Gasteiger partial charge in [0, 0.05) is 0 Å². The van der Waals surface area contributed by atoms with Gasteiger partial charge in [-0.25, -0.2) is 0 Å². The van der Waals surface area contributed by atoms with Crippen LogP contribution in [0.25, 0.3) is 0 Å². The van der Waals surface area contributed by atoms with Crippen LogP contribution >= 0.6 is 11.8 Å². The monoisotopic (exact) mass is 270 g/mol. The minimum Gasteiger partial charge on any atom is -0.465 e. The van der Waals surface area contributed by atoms with Crippen molar-refractivity contribution in [2.75, 3.05) is 18.1 Å². The summed E-state index contributed by atoms with van der Waals surface area (Å²) in [5.41, 5.74) is -0.762. The molecule has 0 saturated heterocycles. The molecule has 100 valence electrons. The predicted molar refractivity (Wildman–Crippen MR) is 68.8 cm³/mol. The number of esters is 1. The maximum Gasteiger partial charge on any atom is 0.315 e. The van der Waals surface area contributed by atoms with Gasteiger partial charge in [-0.1, -0.05) is 0 Å². The van der Waals surface area contributed by atoms with Crippen LogP contribution in [0.2, 0.25) is 0 Å². The van der Waals surface area contributed by atoms with E-state index in [-0.39, 0.29) is 29.3 Å². The fourth-order valence-corrected chi connectivity index (χ4v) is 2.25. The zero-order chi connectivity index (χ0) is 13.6. The standard InChI is InChI=1S/C12H18N2O3S/c1-3-17-11(16)7-18-6-10(15)14-12(2,8-13)9-4-5-9/h9H,3-7H2,1-2H3,(H,14,15)/t12-/m1/s1. The number of hydrogen-bond acceptors (Lipinski definition) is 5. The molecule has 1 amide bonds. The Morgan fingerprint density at radius 1 is 1.50 bits per heavy atom. The zero-order valence-corrected chi connectivity index (χ0v) is 11.5. The number of nitriles is 1. The van der Waals surface area contributed by atoms with E-state index in [0.717, 1.165) is 12.8 Å². The van der Waals surface area contributed by atoms with Crippen LogP contribution in [0.15, 0.2) is 0 Å². The molecule has 18 heavy (non-hydrogen) atoms. The Morgan fingerprint density at radius 2 is 2.17 bits per heavy atom. The summed E-state index contributed by atoms with van der Waals surface area (Å²) in [5, 5.41) is 11.8. The average Bonchev–Trinajstić information content (AvgIpc) is 3.13. The third-order valence-electron chi connectivity index (χ3n) is 2.78. The van der Waals surface area contributed by atoms with Gasteiger partial charge in [0.2, 0.25) is 5.91 Å². The summed E-state index contributed by atoms with van der Waals surface area (Å²) in [4.78, 5) is 22.7. The van der Waals surface area contributed by atoms with Crippen molar-refractivity contribution in [2.45, 2.75) is 32.2 Å². The highest BCUT2D eigenvalue weighted by molar-refractivity contribution is 8.00. The van der Waals surface area contributed by atoms with Crippen molar-refractivity contribution < 1.29 is 14.3 Å². The number of nitrogens with one attached hydrogen (secondary N) is 1. The Labute approximate surface area is 111 Å². The van der Waals surface area contributed by atoms with Crippen molar-refractivity contribution in [2.24, 2.45) is 5.92 Å². The number of rotatable bonds is 7. The Kier molecular flexibility index (Phi) is 5.48. The van der Waals surface area contributed by atoms with Crippen molar-refractivity contribution in [1.29, 1.82) is 5.26 Å². The molecule has 1 atom stereocenters. The molecule has 0 aromatic rings. The van der Waals surface area contributed by atoms with Crippen LogP contribution < -0.4 is 5.32 Å². The molecule has 1 rings (SSSR count). The van der Waals surface area contributed by atoms with E-state index in [1.807, 2.05) is 0 Å². The van der Waals surface area contributed by atoms with E-state index in [4.69, 9.17) is 10.00 Å². The summed E-state index contributed by atoms with van der Waals surface area (Å²) in [6.45, 7) is 3.83. The lowest BCUT2D eigenvalue weighted by Crippen LogP contribution is -2.47. The molecular weight excluding hydrogens is 252 g/mol. The quantitative estimate of drug-likeness (QED) is 0.701. The van der Waals surface area contributed by atoms with Gasteiger partial charge in [-0.2, -0.15) is 5.26 Å². The molecule has 1 N–H and O–H groups in total. The van der Waals surface area contributed by atoms with Gasteiger partial charge in [0.1, 0.15) is 5.54 Å². The summed E-state index contributed by atoms with van der Waals surface area (Å²) >= 11 is 1.20. The van der Waals surface area contributed by atoms with E-state index in [9.17, 15) is 9.59 Å². The van der Waals surface area contributed by atoms with E-state index < -0.39 is 5.54 Å². The van der Waals surface area contributed by atoms with Crippen molar-refractivity contribution in [3.05, 3.63) is 0 Å². The van der Waals surface area contributed by atoms with Gasteiger partial charge in [0.15, 0.2) is 0 Å². The van der Waals surface area contributed by atoms with Crippen LogP contribution in [-0.2, 0) is 14.3 Å². The van der Waals surface area contributed by atoms with E-state index in [0.29, 0.717) is 6.61 Å². The molecule has 0 aromatic heterocycles. The number of amides is 1. The lowest BCUT2D eigenvalue weighted by Gasteiger charge is -2.22. The average molecular weight is 270 g/mol. The van der Waals surface area contributed by atoms with Crippen molar-refractivity contribution in [3.8, 4) is 6.07 Å². The fraction of sp³-hybridized carbons (Fsp3) is 0.750. The first kappa shape index (κ1) is 14.8. The first-order valence-corrected chi connectivity index (χ1v) is 7.13.